The predicted octanol–water partition coefficient (Wildman–Crippen LogP) is 10.4. The molecule has 0 saturated heterocycles. The summed E-state index contributed by atoms with van der Waals surface area (Å²) >= 11 is 0. The SMILES string of the molecule is [CH2-]C(=O)OC/C=C\C.[CH2-]CCCCO[C@H]1CC[C@@]2(C)C(=CCC3C2CC[C@@]2(C)C3CC[C@@H]2[C@H](C)CCCC(C)C)C1.[Y]. The van der Waals surface area contributed by atoms with Crippen LogP contribution in [-0.2, 0) is 47.0 Å². The van der Waals surface area contributed by atoms with Crippen LogP contribution in [0.2, 0.25) is 0 Å². The predicted molar refractivity (Wildman–Crippen MR) is 173 cm³/mol. The van der Waals surface area contributed by atoms with Crippen LogP contribution in [0.1, 0.15) is 131 Å². The molecule has 42 heavy (non-hydrogen) atoms. The zero-order valence-corrected chi connectivity index (χ0v) is 31.1. The Morgan fingerprint density at radius 3 is 2.48 bits per heavy atom. The van der Waals surface area contributed by atoms with Crippen molar-refractivity contribution >= 4 is 5.97 Å². The van der Waals surface area contributed by atoms with E-state index in [1.165, 1.54) is 83.5 Å². The summed E-state index contributed by atoms with van der Waals surface area (Å²) in [6.45, 7) is 22.9. The molecule has 0 spiro atoms. The number of fused-ring (bicyclic) bond motifs is 5. The molecule has 0 heterocycles. The van der Waals surface area contributed by atoms with Gasteiger partial charge in [0.1, 0.15) is 6.61 Å². The number of carbonyl (C=O) groups excluding carboxylic acids is 1. The minimum atomic E-state index is -0.483. The van der Waals surface area contributed by atoms with Crippen molar-refractivity contribution in [1.29, 1.82) is 0 Å². The standard InChI is InChI=1S/C32H55O.C6H9O2.Y/c1-7-8-9-21-33-26-17-19-31(5)25(22-26)13-14-27-29-16-15-28(24(4)12-10-11-23(2)3)32(29,6)20-18-30(27)31;1-3-4-5-8-6(2)7;/h13,23-24,26-30H,1,7-12,14-22H2,2-6H3;3-4H,2,5H2,1H3;/q2*-1;/b;4-3-;/t24-,26+,27?,28-,29?,30?,31+,32-;;/m1../s1. The Kier molecular flexibility index (Phi) is 16.4. The maximum atomic E-state index is 9.95. The summed E-state index contributed by atoms with van der Waals surface area (Å²) in [6.07, 6.45) is 25.7. The molecule has 0 bridgehead atoms. The first-order chi connectivity index (χ1) is 19.6. The summed E-state index contributed by atoms with van der Waals surface area (Å²) in [5.41, 5.74) is 2.84. The van der Waals surface area contributed by atoms with Crippen LogP contribution >= 0.6 is 0 Å². The minimum absolute atomic E-state index is 0. The smallest absolute Gasteiger partial charge is 0.164 e. The number of rotatable bonds is 12. The van der Waals surface area contributed by atoms with E-state index in [-0.39, 0.29) is 32.7 Å². The third-order valence-corrected chi connectivity index (χ3v) is 11.8. The zero-order valence-electron chi connectivity index (χ0n) is 28.3. The molecule has 0 amide bonds. The van der Waals surface area contributed by atoms with Crippen LogP contribution in [0.4, 0.5) is 0 Å². The van der Waals surface area contributed by atoms with Crippen molar-refractivity contribution in [2.75, 3.05) is 13.2 Å². The summed E-state index contributed by atoms with van der Waals surface area (Å²) < 4.78 is 10.8. The molecule has 4 rings (SSSR count). The van der Waals surface area contributed by atoms with E-state index >= 15 is 0 Å². The van der Waals surface area contributed by atoms with Crippen LogP contribution in [0.5, 0.6) is 0 Å². The van der Waals surface area contributed by atoms with E-state index in [0.717, 1.165) is 48.5 Å². The molecule has 4 heteroatoms. The molecule has 0 aromatic carbocycles. The van der Waals surface area contributed by atoms with Gasteiger partial charge in [0.25, 0.3) is 0 Å². The number of ether oxygens (including phenoxy) is 2. The van der Waals surface area contributed by atoms with Crippen LogP contribution in [0.15, 0.2) is 23.8 Å². The summed E-state index contributed by atoms with van der Waals surface area (Å²) in [4.78, 5) is 9.95. The second kappa shape index (κ2) is 18.1. The van der Waals surface area contributed by atoms with E-state index in [2.05, 4.69) is 59.3 Å². The number of unbranched alkanes of at least 4 members (excludes halogenated alkanes) is 2. The Balaban J connectivity index is 0.000000603. The van der Waals surface area contributed by atoms with Gasteiger partial charge in [-0.3, -0.25) is 11.7 Å². The maximum Gasteiger partial charge on any atom is 0.164 e. The van der Waals surface area contributed by atoms with E-state index in [1.54, 1.807) is 11.6 Å². The van der Waals surface area contributed by atoms with Gasteiger partial charge >= 0.3 is 0 Å². The van der Waals surface area contributed by atoms with E-state index in [4.69, 9.17) is 4.74 Å². The molecule has 3 fully saturated rings. The van der Waals surface area contributed by atoms with Crippen molar-refractivity contribution in [2.45, 2.75) is 138 Å². The van der Waals surface area contributed by atoms with Crippen molar-refractivity contribution < 1.29 is 47.0 Å². The molecule has 4 aliphatic rings. The normalized spacial score (nSPS) is 34.3. The van der Waals surface area contributed by atoms with E-state index in [1.807, 2.05) is 13.0 Å². The first-order valence-electron chi connectivity index (χ1n) is 17.3. The molecule has 0 aliphatic heterocycles. The molecule has 8 atom stereocenters. The second-order valence-electron chi connectivity index (χ2n) is 14.8. The molecule has 0 N–H and O–H groups in total. The van der Waals surface area contributed by atoms with Crippen molar-refractivity contribution in [3.05, 3.63) is 37.6 Å². The Hall–Kier alpha value is -0.116. The fourth-order valence-corrected chi connectivity index (χ4v) is 9.56. The van der Waals surface area contributed by atoms with Gasteiger partial charge in [-0.2, -0.15) is 6.42 Å². The van der Waals surface area contributed by atoms with Crippen LogP contribution < -0.4 is 0 Å². The first kappa shape index (κ1) is 38.1. The maximum absolute atomic E-state index is 9.95. The number of carbonyl (C=O) groups is 1. The fraction of sp³-hybridized carbons (Fsp3) is 0.816. The van der Waals surface area contributed by atoms with Gasteiger partial charge in [0.05, 0.1) is 6.10 Å². The fourth-order valence-electron chi connectivity index (χ4n) is 9.56. The largest absolute Gasteiger partial charge is 0.484 e. The average Bonchev–Trinajstić information content (AvgIpc) is 3.28. The van der Waals surface area contributed by atoms with Gasteiger partial charge in [0.2, 0.25) is 0 Å². The van der Waals surface area contributed by atoms with Gasteiger partial charge in [-0.1, -0.05) is 84.1 Å². The van der Waals surface area contributed by atoms with Gasteiger partial charge in [-0.05, 0) is 111 Å². The Bertz CT molecular complexity index is 864. The second-order valence-corrected chi connectivity index (χ2v) is 14.8. The number of allylic oxidation sites excluding steroid dienone is 2. The Morgan fingerprint density at radius 1 is 1.05 bits per heavy atom. The number of esters is 1. The van der Waals surface area contributed by atoms with Gasteiger partial charge in [-0.25, -0.2) is 0 Å². The van der Waals surface area contributed by atoms with Gasteiger partial charge < -0.3 is 16.4 Å². The van der Waals surface area contributed by atoms with E-state index in [9.17, 15) is 4.79 Å². The zero-order chi connectivity index (χ0) is 30.0. The molecule has 3 saturated carbocycles. The van der Waals surface area contributed by atoms with Crippen LogP contribution in [0.25, 0.3) is 0 Å². The number of hydrogen-bond donors (Lipinski definition) is 0. The van der Waals surface area contributed by atoms with Crippen molar-refractivity contribution in [2.24, 2.45) is 46.3 Å². The molecule has 1 radical (unpaired) electrons. The van der Waals surface area contributed by atoms with Crippen molar-refractivity contribution in [3.8, 4) is 0 Å². The number of hydrogen-bond acceptors (Lipinski definition) is 3. The Labute approximate surface area is 286 Å². The first-order valence-corrected chi connectivity index (χ1v) is 17.3. The topological polar surface area (TPSA) is 35.5 Å². The van der Waals surface area contributed by atoms with Crippen LogP contribution in [0.3, 0.4) is 0 Å². The quantitative estimate of drug-likeness (QED) is 0.0907. The van der Waals surface area contributed by atoms with E-state index in [0.29, 0.717) is 23.5 Å². The van der Waals surface area contributed by atoms with Crippen molar-refractivity contribution in [1.82, 2.24) is 0 Å². The molecule has 3 unspecified atom stereocenters. The van der Waals surface area contributed by atoms with Gasteiger partial charge in [-0.15, -0.1) is 0 Å². The molecule has 0 aromatic heterocycles. The van der Waals surface area contributed by atoms with Crippen LogP contribution in [-0.4, -0.2) is 25.3 Å². The van der Waals surface area contributed by atoms with Gasteiger partial charge in [0, 0.05) is 39.3 Å². The molecule has 4 aliphatic carbocycles. The molecule has 3 nitrogen and oxygen atoms in total. The Morgan fingerprint density at radius 2 is 1.81 bits per heavy atom. The average molecular weight is 658 g/mol. The van der Waals surface area contributed by atoms with Crippen molar-refractivity contribution in [3.63, 3.8) is 0 Å². The summed E-state index contributed by atoms with van der Waals surface area (Å²) in [7, 11) is 0. The molecular weight excluding hydrogens is 593 g/mol. The summed E-state index contributed by atoms with van der Waals surface area (Å²) in [5.74, 6) is 5.10. The van der Waals surface area contributed by atoms with E-state index < -0.39 is 5.97 Å². The van der Waals surface area contributed by atoms with Gasteiger partial charge in [0.15, 0.2) is 5.97 Å². The third kappa shape index (κ3) is 9.69. The monoisotopic (exact) mass is 657 g/mol. The van der Waals surface area contributed by atoms with Crippen LogP contribution in [0, 0.1) is 60.2 Å². The summed E-state index contributed by atoms with van der Waals surface area (Å²) in [6, 6.07) is 0. The minimum Gasteiger partial charge on any atom is -0.484 e. The summed E-state index contributed by atoms with van der Waals surface area (Å²) in [5, 5.41) is 0. The molecule has 0 aromatic rings. The molecule has 239 valence electrons. The third-order valence-electron chi connectivity index (χ3n) is 11.8. The molecular formula is C38H64O3Y-2.